The Hall–Kier alpha value is -0.800. The number of hydrogen-bond acceptors (Lipinski definition) is 5. The van der Waals surface area contributed by atoms with Gasteiger partial charge in [0.05, 0.1) is 12.8 Å². The normalized spacial score (nSPS) is 13.4. The van der Waals surface area contributed by atoms with E-state index in [4.69, 9.17) is 4.74 Å². The quantitative estimate of drug-likeness (QED) is 0.389. The van der Waals surface area contributed by atoms with E-state index in [0.29, 0.717) is 4.88 Å². The van der Waals surface area contributed by atoms with Crippen LogP contribution in [0.3, 0.4) is 0 Å². The van der Waals surface area contributed by atoms with Crippen LogP contribution < -0.4 is 4.31 Å². The average molecular weight is 435 g/mol. The van der Waals surface area contributed by atoms with Gasteiger partial charge in [0.15, 0.2) is 0 Å². The first-order chi connectivity index (χ1) is 10.1. The minimum Gasteiger partial charge on any atom is -0.465 e. The SMILES string of the molecule is COC(=O)c1cc2c(s1)-c1ccc(F)cc1N(SI)CC2. The fourth-order valence-electron chi connectivity index (χ4n) is 2.36. The lowest BCUT2D eigenvalue weighted by Crippen LogP contribution is -2.14. The van der Waals surface area contributed by atoms with Crippen LogP contribution in [0.2, 0.25) is 0 Å². The Balaban J connectivity index is 2.16. The second-order valence-corrected chi connectivity index (χ2v) is 7.35. The lowest BCUT2D eigenvalue weighted by atomic mass is 10.1. The highest BCUT2D eigenvalue weighted by molar-refractivity contribution is 14.2. The maximum atomic E-state index is 13.6. The first-order valence-corrected chi connectivity index (χ1v) is 10.3. The van der Waals surface area contributed by atoms with Gasteiger partial charge in [-0.25, -0.2) is 9.18 Å². The first-order valence-electron chi connectivity index (χ1n) is 6.21. The number of halogens is 2. The Kier molecular flexibility index (Phi) is 4.41. The third kappa shape index (κ3) is 2.78. The summed E-state index contributed by atoms with van der Waals surface area (Å²) in [4.78, 5) is 13.3. The van der Waals surface area contributed by atoms with Crippen LogP contribution in [-0.4, -0.2) is 19.6 Å². The van der Waals surface area contributed by atoms with Crippen molar-refractivity contribution in [1.82, 2.24) is 0 Å². The average Bonchev–Trinajstić information content (AvgIpc) is 2.85. The number of carbonyl (C=O) groups is 1. The molecule has 0 bridgehead atoms. The van der Waals surface area contributed by atoms with E-state index in [2.05, 4.69) is 25.5 Å². The zero-order valence-electron chi connectivity index (χ0n) is 11.1. The molecule has 1 aromatic carbocycles. The molecule has 3 rings (SSSR count). The molecule has 1 aromatic heterocycles. The van der Waals surface area contributed by atoms with Crippen molar-refractivity contribution < 1.29 is 13.9 Å². The number of benzene rings is 1. The van der Waals surface area contributed by atoms with Crippen LogP contribution >= 0.6 is 41.7 Å². The van der Waals surface area contributed by atoms with Gasteiger partial charge < -0.3 is 9.04 Å². The summed E-state index contributed by atoms with van der Waals surface area (Å²) in [6.45, 7) is 0.772. The van der Waals surface area contributed by atoms with E-state index in [0.717, 1.165) is 34.7 Å². The van der Waals surface area contributed by atoms with Crippen molar-refractivity contribution in [2.45, 2.75) is 6.42 Å². The molecule has 0 spiro atoms. The monoisotopic (exact) mass is 435 g/mol. The van der Waals surface area contributed by atoms with Crippen LogP contribution in [0.4, 0.5) is 10.1 Å². The summed E-state index contributed by atoms with van der Waals surface area (Å²) in [6, 6.07) is 6.68. The molecule has 0 aliphatic carbocycles. The molecule has 0 saturated heterocycles. The van der Waals surface area contributed by atoms with Crippen LogP contribution in [0.15, 0.2) is 24.3 Å². The Bertz CT molecular complexity index is 704. The molecule has 7 heteroatoms. The van der Waals surface area contributed by atoms with Crippen molar-refractivity contribution in [2.24, 2.45) is 0 Å². The maximum absolute atomic E-state index is 13.6. The minimum absolute atomic E-state index is 0.252. The van der Waals surface area contributed by atoms with Gasteiger partial charge in [0.1, 0.15) is 10.7 Å². The molecule has 3 nitrogen and oxygen atoms in total. The molecule has 1 aliphatic rings. The van der Waals surface area contributed by atoms with Crippen molar-refractivity contribution in [1.29, 1.82) is 0 Å². The number of hydrogen-bond donors (Lipinski definition) is 0. The van der Waals surface area contributed by atoms with E-state index in [1.54, 1.807) is 21.3 Å². The van der Waals surface area contributed by atoms with Crippen molar-refractivity contribution in [3.63, 3.8) is 0 Å². The molecule has 0 fully saturated rings. The number of ether oxygens (including phenoxy) is 1. The van der Waals surface area contributed by atoms with Crippen LogP contribution in [-0.2, 0) is 11.2 Å². The molecule has 110 valence electrons. The molecule has 2 heterocycles. The van der Waals surface area contributed by atoms with Gasteiger partial charge in [-0.2, -0.15) is 0 Å². The number of fused-ring (bicyclic) bond motifs is 3. The summed E-state index contributed by atoms with van der Waals surface area (Å²) in [5.41, 5.74) is 2.93. The summed E-state index contributed by atoms with van der Waals surface area (Å²) in [5.74, 6) is -0.575. The number of carbonyl (C=O) groups excluding carboxylic acids is 1. The molecule has 0 radical (unpaired) electrons. The van der Waals surface area contributed by atoms with E-state index in [1.807, 2.05) is 6.07 Å². The largest absolute Gasteiger partial charge is 0.465 e. The molecule has 0 amide bonds. The van der Waals surface area contributed by atoms with Crippen molar-refractivity contribution >= 4 is 53.3 Å². The van der Waals surface area contributed by atoms with Gasteiger partial charge in [-0.1, -0.05) is 0 Å². The fraction of sp³-hybridized carbons (Fsp3) is 0.214. The molecule has 0 saturated carbocycles. The third-order valence-corrected chi connectivity index (χ3v) is 6.50. The minimum atomic E-state index is -0.322. The Morgan fingerprint density at radius 2 is 2.29 bits per heavy atom. The van der Waals surface area contributed by atoms with Crippen molar-refractivity contribution in [3.05, 3.63) is 40.5 Å². The van der Waals surface area contributed by atoms with Crippen molar-refractivity contribution in [3.8, 4) is 10.4 Å². The second-order valence-electron chi connectivity index (χ2n) is 4.54. The van der Waals surface area contributed by atoms with Crippen LogP contribution in [0.25, 0.3) is 10.4 Å². The van der Waals surface area contributed by atoms with Crippen molar-refractivity contribution in [2.75, 3.05) is 18.0 Å². The highest BCUT2D eigenvalue weighted by atomic mass is 127. The molecular weight excluding hydrogens is 424 g/mol. The summed E-state index contributed by atoms with van der Waals surface area (Å²) >= 11 is 3.61. The molecular formula is C14H11FINO2S2. The van der Waals surface area contributed by atoms with Gasteiger partial charge in [0.2, 0.25) is 0 Å². The van der Waals surface area contributed by atoms with Gasteiger partial charge in [0, 0.05) is 47.3 Å². The smallest absolute Gasteiger partial charge is 0.348 e. The van der Waals surface area contributed by atoms with Crippen LogP contribution in [0.5, 0.6) is 0 Å². The zero-order chi connectivity index (χ0) is 15.0. The Morgan fingerprint density at radius 3 is 3.00 bits per heavy atom. The lowest BCUT2D eigenvalue weighted by molar-refractivity contribution is 0.0606. The third-order valence-electron chi connectivity index (χ3n) is 3.34. The van der Waals surface area contributed by atoms with Crippen LogP contribution in [0, 0.1) is 5.82 Å². The van der Waals surface area contributed by atoms with E-state index in [1.165, 1.54) is 24.5 Å². The van der Waals surface area contributed by atoms with E-state index < -0.39 is 0 Å². The number of methoxy groups -OCH3 is 1. The van der Waals surface area contributed by atoms with Gasteiger partial charge in [-0.15, -0.1) is 11.3 Å². The summed E-state index contributed by atoms with van der Waals surface area (Å²) < 4.78 is 20.5. The number of anilines is 1. The van der Waals surface area contributed by atoms with E-state index in [-0.39, 0.29) is 11.8 Å². The molecule has 1 aliphatic heterocycles. The van der Waals surface area contributed by atoms with Gasteiger partial charge in [0.25, 0.3) is 0 Å². The topological polar surface area (TPSA) is 29.5 Å². The summed E-state index contributed by atoms with van der Waals surface area (Å²) in [6.07, 6.45) is 0.815. The van der Waals surface area contributed by atoms with Gasteiger partial charge in [-0.05, 0) is 36.2 Å². The predicted octanol–water partition coefficient (Wildman–Crippen LogP) is 4.70. The number of thiophene rings is 1. The van der Waals surface area contributed by atoms with Crippen LogP contribution in [0.1, 0.15) is 15.2 Å². The molecule has 2 aromatic rings. The molecule has 0 atom stereocenters. The van der Waals surface area contributed by atoms with Gasteiger partial charge in [-0.3, -0.25) is 0 Å². The second kappa shape index (κ2) is 6.13. The lowest BCUT2D eigenvalue weighted by Gasteiger charge is -2.20. The predicted molar refractivity (Wildman–Crippen MR) is 93.7 cm³/mol. The highest BCUT2D eigenvalue weighted by Crippen LogP contribution is 2.44. The highest BCUT2D eigenvalue weighted by Gasteiger charge is 2.24. The van der Waals surface area contributed by atoms with Gasteiger partial charge >= 0.3 is 5.97 Å². The Morgan fingerprint density at radius 1 is 1.48 bits per heavy atom. The van der Waals surface area contributed by atoms with E-state index in [9.17, 15) is 9.18 Å². The zero-order valence-corrected chi connectivity index (χ0v) is 14.9. The summed E-state index contributed by atoms with van der Waals surface area (Å²) in [5, 5.41) is 0. The number of esters is 1. The number of rotatable bonds is 2. The first kappa shape index (κ1) is 15.1. The molecule has 0 N–H and O–H groups in total. The summed E-state index contributed by atoms with van der Waals surface area (Å²) in [7, 11) is 2.93. The number of nitrogens with zero attached hydrogens (tertiary/aromatic N) is 1. The molecule has 0 unspecified atom stereocenters. The van der Waals surface area contributed by atoms with E-state index >= 15 is 0 Å². The Labute approximate surface area is 142 Å². The standard InChI is InChI=1S/C14H11FINO2S2/c1-19-14(18)12-6-8-4-5-17(21-16)11-7-9(15)2-3-10(11)13(8)20-12/h2-3,6-7H,4-5H2,1H3. The fourth-order valence-corrected chi connectivity index (χ4v) is 5.14. The molecule has 21 heavy (non-hydrogen) atoms. The maximum Gasteiger partial charge on any atom is 0.348 e.